The van der Waals surface area contributed by atoms with Crippen LogP contribution in [0.15, 0.2) is 18.2 Å². The number of hydrogen-bond donors (Lipinski definition) is 2. The topological polar surface area (TPSA) is 55.1 Å². The van der Waals surface area contributed by atoms with Gasteiger partial charge in [0.05, 0.1) is 5.56 Å². The maximum Gasteiger partial charge on any atom is 0.254 e. The Morgan fingerprint density at radius 2 is 2.06 bits per heavy atom. The standard InChI is InChI=1S/C11H14F2N2O/c1-11(2,14)6-15-10(16)8-5-7(12)3-4-9(8)13/h3-5H,6,14H2,1-2H3,(H,15,16). The SMILES string of the molecule is CC(C)(N)CNC(=O)c1cc(F)ccc1F. The highest BCUT2D eigenvalue weighted by Gasteiger charge is 2.16. The molecule has 0 aliphatic rings. The van der Waals surface area contributed by atoms with Gasteiger partial charge in [-0.2, -0.15) is 0 Å². The Kier molecular flexibility index (Phi) is 3.59. The molecule has 0 aliphatic heterocycles. The van der Waals surface area contributed by atoms with E-state index in [0.29, 0.717) is 0 Å². The summed E-state index contributed by atoms with van der Waals surface area (Å²) in [5.74, 6) is -2.08. The Bertz CT molecular complexity index is 399. The first-order valence-corrected chi connectivity index (χ1v) is 4.82. The fourth-order valence-electron chi connectivity index (χ4n) is 1.07. The molecule has 0 radical (unpaired) electrons. The van der Waals surface area contributed by atoms with Crippen LogP contribution in [0, 0.1) is 11.6 Å². The van der Waals surface area contributed by atoms with E-state index in [4.69, 9.17) is 5.73 Å². The van der Waals surface area contributed by atoms with Gasteiger partial charge in [0.25, 0.3) is 5.91 Å². The zero-order chi connectivity index (χ0) is 12.3. The summed E-state index contributed by atoms with van der Waals surface area (Å²) < 4.78 is 26.0. The third-order valence-electron chi connectivity index (χ3n) is 1.88. The van der Waals surface area contributed by atoms with Crippen molar-refractivity contribution in [3.63, 3.8) is 0 Å². The van der Waals surface area contributed by atoms with E-state index < -0.39 is 23.1 Å². The highest BCUT2D eigenvalue weighted by molar-refractivity contribution is 5.94. The van der Waals surface area contributed by atoms with Gasteiger partial charge in [-0.1, -0.05) is 0 Å². The Labute approximate surface area is 92.6 Å². The van der Waals surface area contributed by atoms with Gasteiger partial charge >= 0.3 is 0 Å². The number of carbonyl (C=O) groups is 1. The second-order valence-corrected chi connectivity index (χ2v) is 4.30. The molecule has 0 aromatic heterocycles. The molecule has 16 heavy (non-hydrogen) atoms. The minimum absolute atomic E-state index is 0.182. The average molecular weight is 228 g/mol. The van der Waals surface area contributed by atoms with Crippen molar-refractivity contribution in [3.8, 4) is 0 Å². The molecule has 0 heterocycles. The van der Waals surface area contributed by atoms with Crippen LogP contribution in [0.4, 0.5) is 8.78 Å². The number of halogens is 2. The molecule has 0 aliphatic carbocycles. The van der Waals surface area contributed by atoms with Crippen molar-refractivity contribution >= 4 is 5.91 Å². The summed E-state index contributed by atoms with van der Waals surface area (Å²) in [7, 11) is 0. The molecule has 0 spiro atoms. The number of benzene rings is 1. The lowest BCUT2D eigenvalue weighted by atomic mass is 10.1. The van der Waals surface area contributed by atoms with E-state index in [9.17, 15) is 13.6 Å². The number of rotatable bonds is 3. The number of hydrogen-bond acceptors (Lipinski definition) is 2. The molecule has 3 N–H and O–H groups in total. The van der Waals surface area contributed by atoms with Crippen LogP contribution in [0.5, 0.6) is 0 Å². The first kappa shape index (κ1) is 12.6. The molecular weight excluding hydrogens is 214 g/mol. The smallest absolute Gasteiger partial charge is 0.254 e. The molecule has 1 aromatic carbocycles. The average Bonchev–Trinajstić information content (AvgIpc) is 2.17. The second-order valence-electron chi connectivity index (χ2n) is 4.30. The Hall–Kier alpha value is -1.49. The summed E-state index contributed by atoms with van der Waals surface area (Å²) in [4.78, 5) is 11.5. The molecule has 1 rings (SSSR count). The van der Waals surface area contributed by atoms with Crippen molar-refractivity contribution in [3.05, 3.63) is 35.4 Å². The molecule has 0 fully saturated rings. The fraction of sp³-hybridized carbons (Fsp3) is 0.364. The third-order valence-corrected chi connectivity index (χ3v) is 1.88. The lowest BCUT2D eigenvalue weighted by Crippen LogP contribution is -2.45. The summed E-state index contributed by atoms with van der Waals surface area (Å²) in [6.45, 7) is 3.62. The minimum atomic E-state index is -0.756. The predicted octanol–water partition coefficient (Wildman–Crippen LogP) is 1.43. The van der Waals surface area contributed by atoms with Crippen LogP contribution in [0.1, 0.15) is 24.2 Å². The second kappa shape index (κ2) is 4.57. The van der Waals surface area contributed by atoms with Crippen LogP contribution in [0.25, 0.3) is 0 Å². The molecule has 1 aromatic rings. The Morgan fingerprint density at radius 1 is 1.44 bits per heavy atom. The van der Waals surface area contributed by atoms with Crippen molar-refractivity contribution in [2.24, 2.45) is 5.73 Å². The van der Waals surface area contributed by atoms with Gasteiger partial charge in [0.1, 0.15) is 11.6 Å². The molecule has 0 saturated heterocycles. The molecule has 1 amide bonds. The van der Waals surface area contributed by atoms with Crippen molar-refractivity contribution in [1.82, 2.24) is 5.32 Å². The highest BCUT2D eigenvalue weighted by Crippen LogP contribution is 2.09. The van der Waals surface area contributed by atoms with Gasteiger partial charge in [-0.15, -0.1) is 0 Å². The first-order chi connectivity index (χ1) is 7.29. The van der Waals surface area contributed by atoms with E-state index in [-0.39, 0.29) is 12.1 Å². The zero-order valence-electron chi connectivity index (χ0n) is 9.18. The normalized spacial score (nSPS) is 11.3. The van der Waals surface area contributed by atoms with Crippen LogP contribution in [-0.2, 0) is 0 Å². The lowest BCUT2D eigenvalue weighted by molar-refractivity contribution is 0.0941. The minimum Gasteiger partial charge on any atom is -0.350 e. The Balaban J connectivity index is 2.77. The maximum absolute atomic E-state index is 13.2. The van der Waals surface area contributed by atoms with Crippen LogP contribution in [-0.4, -0.2) is 18.0 Å². The number of nitrogens with one attached hydrogen (secondary N) is 1. The molecule has 5 heteroatoms. The van der Waals surface area contributed by atoms with Gasteiger partial charge < -0.3 is 11.1 Å². The van der Waals surface area contributed by atoms with Gasteiger partial charge in [0, 0.05) is 12.1 Å². The number of carbonyl (C=O) groups excluding carboxylic acids is 1. The molecule has 0 bridgehead atoms. The van der Waals surface area contributed by atoms with E-state index in [1.165, 1.54) is 0 Å². The van der Waals surface area contributed by atoms with Gasteiger partial charge in [-0.3, -0.25) is 4.79 Å². The van der Waals surface area contributed by atoms with Crippen LogP contribution in [0.2, 0.25) is 0 Å². The molecule has 3 nitrogen and oxygen atoms in total. The van der Waals surface area contributed by atoms with Crippen molar-refractivity contribution in [2.75, 3.05) is 6.54 Å². The van der Waals surface area contributed by atoms with Crippen LogP contribution >= 0.6 is 0 Å². The van der Waals surface area contributed by atoms with Crippen molar-refractivity contribution < 1.29 is 13.6 Å². The fourth-order valence-corrected chi connectivity index (χ4v) is 1.07. The monoisotopic (exact) mass is 228 g/mol. The lowest BCUT2D eigenvalue weighted by Gasteiger charge is -2.18. The summed E-state index contributed by atoms with van der Waals surface area (Å²) in [6, 6.07) is 2.73. The van der Waals surface area contributed by atoms with Gasteiger partial charge in [-0.05, 0) is 32.0 Å². The van der Waals surface area contributed by atoms with E-state index in [2.05, 4.69) is 5.32 Å². The van der Waals surface area contributed by atoms with Crippen LogP contribution in [0.3, 0.4) is 0 Å². The highest BCUT2D eigenvalue weighted by atomic mass is 19.1. The molecular formula is C11H14F2N2O. The van der Waals surface area contributed by atoms with E-state index in [0.717, 1.165) is 18.2 Å². The summed E-state index contributed by atoms with van der Waals surface area (Å²) in [5.41, 5.74) is 4.73. The zero-order valence-corrected chi connectivity index (χ0v) is 9.18. The molecule has 0 saturated carbocycles. The molecule has 0 unspecified atom stereocenters. The summed E-state index contributed by atoms with van der Waals surface area (Å²) in [6.07, 6.45) is 0. The van der Waals surface area contributed by atoms with E-state index in [1.807, 2.05) is 0 Å². The first-order valence-electron chi connectivity index (χ1n) is 4.82. The number of nitrogens with two attached hydrogens (primary N) is 1. The van der Waals surface area contributed by atoms with Gasteiger partial charge in [0.15, 0.2) is 0 Å². The summed E-state index contributed by atoms with van der Waals surface area (Å²) in [5, 5.41) is 2.44. The van der Waals surface area contributed by atoms with E-state index >= 15 is 0 Å². The molecule has 88 valence electrons. The predicted molar refractivity (Wildman–Crippen MR) is 57.0 cm³/mol. The van der Waals surface area contributed by atoms with Gasteiger partial charge in [0.2, 0.25) is 0 Å². The molecule has 0 atom stereocenters. The maximum atomic E-state index is 13.2. The quantitative estimate of drug-likeness (QED) is 0.822. The van der Waals surface area contributed by atoms with Crippen molar-refractivity contribution in [2.45, 2.75) is 19.4 Å². The van der Waals surface area contributed by atoms with E-state index in [1.54, 1.807) is 13.8 Å². The third kappa shape index (κ3) is 3.58. The largest absolute Gasteiger partial charge is 0.350 e. The van der Waals surface area contributed by atoms with Crippen LogP contribution < -0.4 is 11.1 Å². The van der Waals surface area contributed by atoms with Gasteiger partial charge in [-0.25, -0.2) is 8.78 Å². The summed E-state index contributed by atoms with van der Waals surface area (Å²) >= 11 is 0. The number of amides is 1. The Morgan fingerprint density at radius 3 is 2.62 bits per heavy atom. The van der Waals surface area contributed by atoms with Crippen molar-refractivity contribution in [1.29, 1.82) is 0 Å².